The fraction of sp³-hybridized carbons (Fsp3) is 0.786. The van der Waals surface area contributed by atoms with E-state index < -0.39 is 0 Å². The zero-order valence-corrected chi connectivity index (χ0v) is 14.2. The van der Waals surface area contributed by atoms with E-state index in [1.807, 2.05) is 25.9 Å². The minimum Gasteiger partial charge on any atom is -0.354 e. The minimum absolute atomic E-state index is 0.636. The molecule has 1 aromatic heterocycles. The third-order valence-corrected chi connectivity index (χ3v) is 3.04. The standard InChI is InChI=1S/C14H29N7/c1-7-15-12-16-13(20(5)6)18-14(17-12)21(8-2)11-9-10-19(3)4/h7-11H2,1-6H3,(H,15,16,17,18). The summed E-state index contributed by atoms with van der Waals surface area (Å²) in [7, 11) is 8.06. The summed E-state index contributed by atoms with van der Waals surface area (Å²) < 4.78 is 0. The van der Waals surface area contributed by atoms with E-state index in [-0.39, 0.29) is 0 Å². The second-order valence-electron chi connectivity index (χ2n) is 5.42. The average molecular weight is 295 g/mol. The molecule has 7 nitrogen and oxygen atoms in total. The van der Waals surface area contributed by atoms with Gasteiger partial charge in [-0.2, -0.15) is 15.0 Å². The van der Waals surface area contributed by atoms with Crippen LogP contribution in [0, 0.1) is 0 Å². The molecule has 0 atom stereocenters. The van der Waals surface area contributed by atoms with Gasteiger partial charge in [-0.1, -0.05) is 0 Å². The van der Waals surface area contributed by atoms with E-state index in [1.54, 1.807) is 0 Å². The lowest BCUT2D eigenvalue weighted by Gasteiger charge is -2.23. The molecule has 0 aliphatic heterocycles. The molecule has 1 heterocycles. The van der Waals surface area contributed by atoms with Gasteiger partial charge in [-0.3, -0.25) is 0 Å². The van der Waals surface area contributed by atoms with Gasteiger partial charge in [0.05, 0.1) is 0 Å². The molecular formula is C14H29N7. The van der Waals surface area contributed by atoms with Gasteiger partial charge in [-0.25, -0.2) is 0 Å². The summed E-state index contributed by atoms with van der Waals surface area (Å²) in [4.78, 5) is 19.8. The number of anilines is 3. The summed E-state index contributed by atoms with van der Waals surface area (Å²) in [5.41, 5.74) is 0. The van der Waals surface area contributed by atoms with Crippen LogP contribution in [0.5, 0.6) is 0 Å². The highest BCUT2D eigenvalue weighted by Gasteiger charge is 2.13. The Hall–Kier alpha value is -1.63. The molecule has 0 bridgehead atoms. The topological polar surface area (TPSA) is 60.4 Å². The van der Waals surface area contributed by atoms with E-state index in [0.717, 1.165) is 38.5 Å². The SMILES string of the molecule is CCNc1nc(N(C)C)nc(N(CC)CCCN(C)C)n1. The Kier molecular flexibility index (Phi) is 7.14. The van der Waals surface area contributed by atoms with Gasteiger partial charge in [-0.05, 0) is 40.9 Å². The van der Waals surface area contributed by atoms with Crippen molar-refractivity contribution in [1.82, 2.24) is 19.9 Å². The predicted octanol–water partition coefficient (Wildman–Crippen LogP) is 1.15. The molecule has 0 radical (unpaired) electrons. The Bertz CT molecular complexity index is 420. The molecule has 0 unspecified atom stereocenters. The van der Waals surface area contributed by atoms with Crippen molar-refractivity contribution in [3.05, 3.63) is 0 Å². The van der Waals surface area contributed by atoms with Crippen LogP contribution in [0.3, 0.4) is 0 Å². The first-order chi connectivity index (χ1) is 9.97. The van der Waals surface area contributed by atoms with Crippen molar-refractivity contribution in [3.8, 4) is 0 Å². The Balaban J connectivity index is 2.90. The Morgan fingerprint density at radius 1 is 0.905 bits per heavy atom. The van der Waals surface area contributed by atoms with E-state index in [4.69, 9.17) is 0 Å². The van der Waals surface area contributed by atoms with Crippen molar-refractivity contribution >= 4 is 17.8 Å². The van der Waals surface area contributed by atoms with Gasteiger partial charge in [0.15, 0.2) is 0 Å². The molecule has 0 aliphatic carbocycles. The second-order valence-corrected chi connectivity index (χ2v) is 5.42. The summed E-state index contributed by atoms with van der Waals surface area (Å²) >= 11 is 0. The van der Waals surface area contributed by atoms with Gasteiger partial charge >= 0.3 is 0 Å². The molecule has 1 N–H and O–H groups in total. The highest BCUT2D eigenvalue weighted by atomic mass is 15.3. The first kappa shape index (κ1) is 17.4. The van der Waals surface area contributed by atoms with Gasteiger partial charge < -0.3 is 20.0 Å². The molecule has 7 heteroatoms. The van der Waals surface area contributed by atoms with Gasteiger partial charge in [0.1, 0.15) is 0 Å². The predicted molar refractivity (Wildman–Crippen MR) is 89.4 cm³/mol. The maximum atomic E-state index is 4.56. The highest BCUT2D eigenvalue weighted by Crippen LogP contribution is 2.15. The number of aromatic nitrogens is 3. The summed E-state index contributed by atoms with van der Waals surface area (Å²) in [5, 5.41) is 3.17. The second kappa shape index (κ2) is 8.61. The summed E-state index contributed by atoms with van der Waals surface area (Å²) in [6, 6.07) is 0. The van der Waals surface area contributed by atoms with E-state index in [1.165, 1.54) is 0 Å². The Morgan fingerprint density at radius 2 is 1.57 bits per heavy atom. The molecule has 120 valence electrons. The largest absolute Gasteiger partial charge is 0.354 e. The third kappa shape index (κ3) is 5.71. The van der Waals surface area contributed by atoms with Crippen LogP contribution in [0.25, 0.3) is 0 Å². The van der Waals surface area contributed by atoms with E-state index in [9.17, 15) is 0 Å². The molecule has 0 aliphatic rings. The minimum atomic E-state index is 0.636. The van der Waals surface area contributed by atoms with Crippen molar-refractivity contribution in [2.24, 2.45) is 0 Å². The van der Waals surface area contributed by atoms with Crippen molar-refractivity contribution in [2.45, 2.75) is 20.3 Å². The summed E-state index contributed by atoms with van der Waals surface area (Å²) in [6.07, 6.45) is 1.08. The van der Waals surface area contributed by atoms with Gasteiger partial charge in [-0.15, -0.1) is 0 Å². The molecular weight excluding hydrogens is 266 g/mol. The fourth-order valence-electron chi connectivity index (χ4n) is 1.91. The van der Waals surface area contributed by atoms with Gasteiger partial charge in [0.2, 0.25) is 17.8 Å². The molecule has 0 aromatic carbocycles. The zero-order chi connectivity index (χ0) is 15.8. The molecule has 0 spiro atoms. The highest BCUT2D eigenvalue weighted by molar-refractivity contribution is 5.44. The van der Waals surface area contributed by atoms with Crippen LogP contribution in [0.15, 0.2) is 0 Å². The van der Waals surface area contributed by atoms with Crippen LogP contribution in [0.4, 0.5) is 17.8 Å². The molecule has 0 saturated carbocycles. The maximum absolute atomic E-state index is 4.56. The normalized spacial score (nSPS) is 10.8. The number of hydrogen-bond acceptors (Lipinski definition) is 7. The smallest absolute Gasteiger partial charge is 0.231 e. The Morgan fingerprint density at radius 3 is 2.10 bits per heavy atom. The maximum Gasteiger partial charge on any atom is 0.231 e. The van der Waals surface area contributed by atoms with E-state index in [2.05, 4.69) is 51.1 Å². The van der Waals surface area contributed by atoms with Crippen molar-refractivity contribution in [1.29, 1.82) is 0 Å². The van der Waals surface area contributed by atoms with Crippen molar-refractivity contribution < 1.29 is 0 Å². The lowest BCUT2D eigenvalue weighted by Crippen LogP contribution is -2.29. The average Bonchev–Trinajstić information content (AvgIpc) is 2.43. The molecule has 0 saturated heterocycles. The van der Waals surface area contributed by atoms with Gasteiger partial charge in [0, 0.05) is 33.7 Å². The molecule has 0 amide bonds. The van der Waals surface area contributed by atoms with Crippen LogP contribution in [-0.2, 0) is 0 Å². The summed E-state index contributed by atoms with van der Waals surface area (Å²) in [5.74, 6) is 2.06. The van der Waals surface area contributed by atoms with E-state index in [0.29, 0.717) is 11.9 Å². The summed E-state index contributed by atoms with van der Waals surface area (Å²) in [6.45, 7) is 7.84. The van der Waals surface area contributed by atoms with Crippen molar-refractivity contribution in [3.63, 3.8) is 0 Å². The Labute approximate surface area is 128 Å². The zero-order valence-electron chi connectivity index (χ0n) is 14.2. The van der Waals surface area contributed by atoms with Crippen LogP contribution >= 0.6 is 0 Å². The van der Waals surface area contributed by atoms with Gasteiger partial charge in [0.25, 0.3) is 0 Å². The fourth-order valence-corrected chi connectivity index (χ4v) is 1.91. The molecule has 0 fully saturated rings. The van der Waals surface area contributed by atoms with Crippen LogP contribution < -0.4 is 15.1 Å². The monoisotopic (exact) mass is 295 g/mol. The first-order valence-electron chi connectivity index (χ1n) is 7.54. The molecule has 21 heavy (non-hydrogen) atoms. The lowest BCUT2D eigenvalue weighted by atomic mass is 10.3. The quantitative estimate of drug-likeness (QED) is 0.733. The van der Waals surface area contributed by atoms with E-state index >= 15 is 0 Å². The van der Waals surface area contributed by atoms with Crippen molar-refractivity contribution in [2.75, 3.05) is 69.5 Å². The van der Waals surface area contributed by atoms with Crippen LogP contribution in [0.2, 0.25) is 0 Å². The third-order valence-electron chi connectivity index (χ3n) is 3.04. The van der Waals surface area contributed by atoms with Crippen LogP contribution in [0.1, 0.15) is 20.3 Å². The molecule has 1 aromatic rings. The number of rotatable bonds is 9. The van der Waals surface area contributed by atoms with Crippen LogP contribution in [-0.4, -0.2) is 74.2 Å². The number of hydrogen-bond donors (Lipinski definition) is 1. The number of nitrogens with zero attached hydrogens (tertiary/aromatic N) is 6. The lowest BCUT2D eigenvalue weighted by molar-refractivity contribution is 0.400. The number of nitrogens with one attached hydrogen (secondary N) is 1. The molecule has 1 rings (SSSR count). The first-order valence-corrected chi connectivity index (χ1v) is 7.54.